The zero-order valence-corrected chi connectivity index (χ0v) is 9.53. The second-order valence-electron chi connectivity index (χ2n) is 4.80. The first-order valence-electron chi connectivity index (χ1n) is 5.30. The second kappa shape index (κ2) is 3.49. The summed E-state index contributed by atoms with van der Waals surface area (Å²) in [5, 5.41) is 0. The highest BCUT2D eigenvalue weighted by Gasteiger charge is 2.57. The van der Waals surface area contributed by atoms with Crippen molar-refractivity contribution in [1.29, 1.82) is 0 Å². The topological polar surface area (TPSA) is 48.1 Å². The lowest BCUT2D eigenvalue weighted by atomic mass is 10.0. The Morgan fingerprint density at radius 1 is 1.47 bits per heavy atom. The fourth-order valence-corrected chi connectivity index (χ4v) is 2.56. The molecule has 1 heterocycles. The van der Waals surface area contributed by atoms with Gasteiger partial charge in [-0.1, -0.05) is 13.8 Å². The molecule has 0 amide bonds. The third-order valence-corrected chi connectivity index (χ3v) is 3.63. The van der Waals surface area contributed by atoms with Gasteiger partial charge in [-0.3, -0.25) is 4.98 Å². The van der Waals surface area contributed by atoms with Crippen molar-refractivity contribution in [3.8, 4) is 5.75 Å². The summed E-state index contributed by atoms with van der Waals surface area (Å²) in [6.07, 6.45) is 3.65. The third-order valence-electron chi connectivity index (χ3n) is 3.63. The van der Waals surface area contributed by atoms with E-state index in [9.17, 15) is 0 Å². The lowest BCUT2D eigenvalue weighted by molar-refractivity contribution is 0.412. The van der Waals surface area contributed by atoms with Crippen LogP contribution in [0.4, 0.5) is 0 Å². The van der Waals surface area contributed by atoms with Gasteiger partial charge in [0.25, 0.3) is 0 Å². The van der Waals surface area contributed by atoms with Crippen LogP contribution in [0.15, 0.2) is 18.5 Å². The summed E-state index contributed by atoms with van der Waals surface area (Å²) in [5.74, 6) is 1.93. The summed E-state index contributed by atoms with van der Waals surface area (Å²) < 4.78 is 5.18. The molecule has 0 bridgehead atoms. The molecule has 3 nitrogen and oxygen atoms in total. The summed E-state index contributed by atoms with van der Waals surface area (Å²) in [5.41, 5.74) is 7.31. The summed E-state index contributed by atoms with van der Waals surface area (Å²) >= 11 is 0. The number of rotatable bonds is 3. The van der Waals surface area contributed by atoms with E-state index in [2.05, 4.69) is 24.9 Å². The molecule has 0 spiro atoms. The molecule has 0 saturated heterocycles. The van der Waals surface area contributed by atoms with Crippen molar-refractivity contribution >= 4 is 0 Å². The molecule has 1 aromatic rings. The zero-order chi connectivity index (χ0) is 11.1. The van der Waals surface area contributed by atoms with E-state index in [1.807, 2.05) is 6.20 Å². The van der Waals surface area contributed by atoms with Crippen LogP contribution >= 0.6 is 0 Å². The summed E-state index contributed by atoms with van der Waals surface area (Å²) in [7, 11) is 1.67. The quantitative estimate of drug-likeness (QED) is 0.820. The van der Waals surface area contributed by atoms with Crippen LogP contribution in [0.1, 0.15) is 25.3 Å². The number of hydrogen-bond acceptors (Lipinski definition) is 3. The molecule has 2 N–H and O–H groups in total. The summed E-state index contributed by atoms with van der Waals surface area (Å²) in [6.45, 7) is 5.26. The van der Waals surface area contributed by atoms with Crippen molar-refractivity contribution in [3.63, 3.8) is 0 Å². The van der Waals surface area contributed by atoms with Gasteiger partial charge in [-0.15, -0.1) is 0 Å². The Morgan fingerprint density at radius 2 is 2.20 bits per heavy atom. The zero-order valence-electron chi connectivity index (χ0n) is 9.53. The normalized spacial score (nSPS) is 27.5. The van der Waals surface area contributed by atoms with E-state index in [4.69, 9.17) is 10.5 Å². The van der Waals surface area contributed by atoms with Gasteiger partial charge in [-0.05, 0) is 35.4 Å². The molecule has 1 fully saturated rings. The van der Waals surface area contributed by atoms with Crippen LogP contribution < -0.4 is 10.5 Å². The lowest BCUT2D eigenvalue weighted by Crippen LogP contribution is -2.05. The smallest absolute Gasteiger partial charge is 0.137 e. The van der Waals surface area contributed by atoms with Gasteiger partial charge < -0.3 is 10.5 Å². The molecule has 0 aliphatic heterocycles. The average Bonchev–Trinajstić information content (AvgIpc) is 2.80. The van der Waals surface area contributed by atoms with Gasteiger partial charge in [0, 0.05) is 6.20 Å². The van der Waals surface area contributed by atoms with E-state index in [-0.39, 0.29) is 0 Å². The van der Waals surface area contributed by atoms with E-state index in [1.165, 1.54) is 5.56 Å². The van der Waals surface area contributed by atoms with Crippen LogP contribution in [0.3, 0.4) is 0 Å². The molecule has 1 aliphatic rings. The number of methoxy groups -OCH3 is 1. The van der Waals surface area contributed by atoms with Crippen LogP contribution in [-0.4, -0.2) is 18.6 Å². The van der Waals surface area contributed by atoms with Gasteiger partial charge in [0.1, 0.15) is 5.75 Å². The van der Waals surface area contributed by atoms with Crippen molar-refractivity contribution in [1.82, 2.24) is 4.98 Å². The Bertz CT molecular complexity index is 362. The maximum absolute atomic E-state index is 5.76. The largest absolute Gasteiger partial charge is 0.495 e. The molecule has 1 saturated carbocycles. The Balaban J connectivity index is 2.24. The molecular weight excluding hydrogens is 188 g/mol. The van der Waals surface area contributed by atoms with Crippen LogP contribution in [0.5, 0.6) is 5.75 Å². The highest BCUT2D eigenvalue weighted by Crippen LogP contribution is 2.63. The first kappa shape index (κ1) is 10.4. The minimum Gasteiger partial charge on any atom is -0.495 e. The van der Waals surface area contributed by atoms with Gasteiger partial charge in [-0.2, -0.15) is 0 Å². The molecule has 0 radical (unpaired) electrons. The molecule has 3 heteroatoms. The van der Waals surface area contributed by atoms with Gasteiger partial charge in [0.2, 0.25) is 0 Å². The Morgan fingerprint density at radius 3 is 2.73 bits per heavy atom. The van der Waals surface area contributed by atoms with Crippen LogP contribution in [-0.2, 0) is 0 Å². The molecule has 0 aromatic carbocycles. The molecular formula is C12H18N2O. The fraction of sp³-hybridized carbons (Fsp3) is 0.583. The second-order valence-corrected chi connectivity index (χ2v) is 4.80. The van der Waals surface area contributed by atoms with Crippen LogP contribution in [0, 0.1) is 11.3 Å². The van der Waals surface area contributed by atoms with Crippen molar-refractivity contribution in [2.75, 3.05) is 13.7 Å². The van der Waals surface area contributed by atoms with E-state index in [0.29, 0.717) is 17.3 Å². The number of nitrogens with zero attached hydrogens (tertiary/aromatic N) is 1. The van der Waals surface area contributed by atoms with Gasteiger partial charge in [0.05, 0.1) is 13.3 Å². The lowest BCUT2D eigenvalue weighted by Gasteiger charge is -2.04. The molecule has 15 heavy (non-hydrogen) atoms. The minimum absolute atomic E-state index is 0.308. The van der Waals surface area contributed by atoms with Crippen LogP contribution in [0.2, 0.25) is 0 Å². The van der Waals surface area contributed by atoms with Crippen LogP contribution in [0.25, 0.3) is 0 Å². The molecule has 1 aromatic heterocycles. The van der Waals surface area contributed by atoms with Crippen molar-refractivity contribution in [2.24, 2.45) is 17.1 Å². The van der Waals surface area contributed by atoms with Crippen molar-refractivity contribution in [3.05, 3.63) is 24.0 Å². The number of hydrogen-bond donors (Lipinski definition) is 1. The highest BCUT2D eigenvalue weighted by atomic mass is 16.5. The van der Waals surface area contributed by atoms with Crippen molar-refractivity contribution in [2.45, 2.75) is 19.8 Å². The van der Waals surface area contributed by atoms with Gasteiger partial charge in [0.15, 0.2) is 0 Å². The van der Waals surface area contributed by atoms with E-state index < -0.39 is 0 Å². The third kappa shape index (κ3) is 1.61. The van der Waals surface area contributed by atoms with E-state index >= 15 is 0 Å². The Labute approximate surface area is 90.7 Å². The number of nitrogens with two attached hydrogens (primary N) is 1. The molecule has 1 aliphatic carbocycles. The first-order chi connectivity index (χ1) is 7.11. The van der Waals surface area contributed by atoms with Gasteiger partial charge >= 0.3 is 0 Å². The van der Waals surface area contributed by atoms with Crippen molar-refractivity contribution < 1.29 is 4.74 Å². The Kier molecular flexibility index (Phi) is 2.43. The molecule has 2 atom stereocenters. The Hall–Kier alpha value is -1.09. The average molecular weight is 206 g/mol. The van der Waals surface area contributed by atoms with E-state index in [1.54, 1.807) is 13.3 Å². The minimum atomic E-state index is 0.308. The predicted octanol–water partition coefficient (Wildman–Crippen LogP) is 1.79. The maximum atomic E-state index is 5.76. The molecule has 2 rings (SSSR count). The number of ether oxygens (including phenoxy) is 1. The fourth-order valence-electron chi connectivity index (χ4n) is 2.56. The number of pyridine rings is 1. The first-order valence-corrected chi connectivity index (χ1v) is 5.30. The number of aromatic nitrogens is 1. The molecule has 82 valence electrons. The predicted molar refractivity (Wildman–Crippen MR) is 59.9 cm³/mol. The SMILES string of the molecule is COc1cncc([C@H]2[C@H](CN)C2(C)C)c1. The summed E-state index contributed by atoms with van der Waals surface area (Å²) in [6, 6.07) is 2.06. The van der Waals surface area contributed by atoms with Gasteiger partial charge in [-0.25, -0.2) is 0 Å². The maximum Gasteiger partial charge on any atom is 0.137 e. The highest BCUT2D eigenvalue weighted by molar-refractivity contribution is 5.34. The standard InChI is InChI=1S/C12H18N2O/c1-12(2)10(5-13)11(12)8-4-9(15-3)7-14-6-8/h4,6-7,10-11H,5,13H2,1-3H3/t10-,11-/m0/s1. The van der Waals surface area contributed by atoms with E-state index in [0.717, 1.165) is 12.3 Å². The summed E-state index contributed by atoms with van der Waals surface area (Å²) in [4.78, 5) is 4.19. The monoisotopic (exact) mass is 206 g/mol. The molecule has 0 unspecified atom stereocenters.